The van der Waals surface area contributed by atoms with Crippen molar-refractivity contribution in [2.24, 2.45) is 5.92 Å². The largest absolute Gasteiger partial charge is 0.444 e. The number of nitrogens with one attached hydrogen (secondary N) is 1. The molecule has 1 heterocycles. The van der Waals surface area contributed by atoms with E-state index in [1.807, 2.05) is 0 Å². The van der Waals surface area contributed by atoms with Crippen LogP contribution in [0.1, 0.15) is 29.8 Å². The second-order valence-electron chi connectivity index (χ2n) is 4.03. The van der Waals surface area contributed by atoms with E-state index in [1.54, 1.807) is 12.1 Å². The lowest BCUT2D eigenvalue weighted by Gasteiger charge is -2.15. The number of hydrogen-bond acceptors (Lipinski definition) is 3. The van der Waals surface area contributed by atoms with Gasteiger partial charge in [-0.15, -0.1) is 0 Å². The first-order valence-corrected chi connectivity index (χ1v) is 6.17. The van der Waals surface area contributed by atoms with E-state index in [1.165, 1.54) is 0 Å². The Kier molecular flexibility index (Phi) is 3.66. The fourth-order valence-electron chi connectivity index (χ4n) is 1.74. The monoisotopic (exact) mass is 287 g/mol. The molecule has 0 bridgehead atoms. The molecule has 1 aromatic rings. The highest BCUT2D eigenvalue weighted by atomic mass is 79.9. The lowest BCUT2D eigenvalue weighted by Crippen LogP contribution is -2.36. The summed E-state index contributed by atoms with van der Waals surface area (Å²) >= 11 is 3.15. The Morgan fingerprint density at radius 2 is 2.38 bits per heavy atom. The molecule has 1 aromatic heterocycles. The Hall–Kier alpha value is -0.810. The predicted octanol–water partition coefficient (Wildman–Crippen LogP) is 1.93. The molecule has 1 saturated carbocycles. The number of halogens is 1. The van der Waals surface area contributed by atoms with E-state index >= 15 is 0 Å². The minimum atomic E-state index is -0.212. The van der Waals surface area contributed by atoms with Crippen LogP contribution in [0.3, 0.4) is 0 Å². The van der Waals surface area contributed by atoms with Gasteiger partial charge in [-0.05, 0) is 53.2 Å². The zero-order valence-electron chi connectivity index (χ0n) is 8.78. The first kappa shape index (κ1) is 11.7. The summed E-state index contributed by atoms with van der Waals surface area (Å²) in [6.45, 7) is 0.100. The predicted molar refractivity (Wildman–Crippen MR) is 62.1 cm³/mol. The van der Waals surface area contributed by atoms with Gasteiger partial charge < -0.3 is 14.8 Å². The molecular weight excluding hydrogens is 274 g/mol. The van der Waals surface area contributed by atoms with Crippen molar-refractivity contribution in [2.45, 2.75) is 25.3 Å². The summed E-state index contributed by atoms with van der Waals surface area (Å²) in [7, 11) is 0. The van der Waals surface area contributed by atoms with E-state index in [2.05, 4.69) is 21.2 Å². The normalized spacial score (nSPS) is 17.1. The quantitative estimate of drug-likeness (QED) is 0.870. The molecule has 0 radical (unpaired) electrons. The van der Waals surface area contributed by atoms with Gasteiger partial charge in [0.2, 0.25) is 0 Å². The number of aliphatic hydroxyl groups is 1. The van der Waals surface area contributed by atoms with Crippen molar-refractivity contribution in [1.29, 1.82) is 0 Å². The SMILES string of the molecule is O=C(NC(CCO)C1CC1)c1ccc(Br)o1. The van der Waals surface area contributed by atoms with Gasteiger partial charge in [0.1, 0.15) is 0 Å². The fraction of sp³-hybridized carbons (Fsp3) is 0.545. The van der Waals surface area contributed by atoms with Crippen LogP contribution in [0.5, 0.6) is 0 Å². The van der Waals surface area contributed by atoms with Crippen molar-refractivity contribution in [1.82, 2.24) is 5.32 Å². The van der Waals surface area contributed by atoms with Crippen LogP contribution >= 0.6 is 15.9 Å². The Bertz CT molecular complexity index is 373. The van der Waals surface area contributed by atoms with E-state index in [0.717, 1.165) is 12.8 Å². The molecule has 0 aromatic carbocycles. The molecule has 1 atom stereocenters. The third-order valence-electron chi connectivity index (χ3n) is 2.74. The molecule has 2 rings (SSSR count). The number of hydrogen-bond donors (Lipinski definition) is 2. The second-order valence-corrected chi connectivity index (χ2v) is 4.82. The molecule has 0 aliphatic heterocycles. The minimum absolute atomic E-state index is 0.0707. The molecule has 5 heteroatoms. The van der Waals surface area contributed by atoms with Crippen molar-refractivity contribution in [2.75, 3.05) is 6.61 Å². The number of amides is 1. The van der Waals surface area contributed by atoms with Crippen LogP contribution in [0.25, 0.3) is 0 Å². The van der Waals surface area contributed by atoms with Gasteiger partial charge in [-0.2, -0.15) is 0 Å². The summed E-state index contributed by atoms with van der Waals surface area (Å²) in [5.41, 5.74) is 0. The molecule has 16 heavy (non-hydrogen) atoms. The van der Waals surface area contributed by atoms with E-state index in [-0.39, 0.29) is 18.6 Å². The highest BCUT2D eigenvalue weighted by Crippen LogP contribution is 2.34. The first-order chi connectivity index (χ1) is 7.70. The third kappa shape index (κ3) is 2.86. The smallest absolute Gasteiger partial charge is 0.287 e. The lowest BCUT2D eigenvalue weighted by molar-refractivity contribution is 0.0895. The van der Waals surface area contributed by atoms with Gasteiger partial charge in [-0.25, -0.2) is 0 Å². The van der Waals surface area contributed by atoms with Gasteiger partial charge in [0.05, 0.1) is 0 Å². The standard InChI is InChI=1S/C11H14BrNO3/c12-10-4-3-9(16-10)11(15)13-8(5-6-14)7-1-2-7/h3-4,7-8,14H,1-2,5-6H2,(H,13,15). The maximum Gasteiger partial charge on any atom is 0.287 e. The zero-order chi connectivity index (χ0) is 11.5. The molecule has 0 saturated heterocycles. The van der Waals surface area contributed by atoms with Gasteiger partial charge in [-0.3, -0.25) is 4.79 Å². The Labute approximate surface area is 102 Å². The molecule has 2 N–H and O–H groups in total. The molecule has 1 unspecified atom stereocenters. The number of carbonyl (C=O) groups is 1. The maximum absolute atomic E-state index is 11.8. The molecule has 1 aliphatic rings. The van der Waals surface area contributed by atoms with Crippen LogP contribution in [0.15, 0.2) is 21.2 Å². The van der Waals surface area contributed by atoms with Crippen LogP contribution in [0.4, 0.5) is 0 Å². The lowest BCUT2D eigenvalue weighted by atomic mass is 10.1. The number of rotatable bonds is 5. The molecular formula is C11H14BrNO3. The van der Waals surface area contributed by atoms with E-state index in [0.29, 0.717) is 22.8 Å². The Balaban J connectivity index is 1.94. The summed E-state index contributed by atoms with van der Waals surface area (Å²) < 4.78 is 5.71. The van der Waals surface area contributed by atoms with Gasteiger partial charge in [0.15, 0.2) is 10.4 Å². The highest BCUT2D eigenvalue weighted by Gasteiger charge is 2.32. The van der Waals surface area contributed by atoms with Gasteiger partial charge in [-0.1, -0.05) is 0 Å². The topological polar surface area (TPSA) is 62.5 Å². The maximum atomic E-state index is 11.8. The van der Waals surface area contributed by atoms with Crippen LogP contribution in [-0.2, 0) is 0 Å². The summed E-state index contributed by atoms with van der Waals surface area (Å²) in [6, 6.07) is 3.39. The van der Waals surface area contributed by atoms with Crippen LogP contribution in [0, 0.1) is 5.92 Å². The summed E-state index contributed by atoms with van der Waals surface area (Å²) in [5.74, 6) is 0.612. The van der Waals surface area contributed by atoms with E-state index < -0.39 is 0 Å². The first-order valence-electron chi connectivity index (χ1n) is 5.38. The van der Waals surface area contributed by atoms with Crippen LogP contribution in [0.2, 0.25) is 0 Å². The molecule has 1 amide bonds. The summed E-state index contributed by atoms with van der Waals surface area (Å²) in [4.78, 5) is 11.8. The Morgan fingerprint density at radius 3 is 2.88 bits per heavy atom. The van der Waals surface area contributed by atoms with Crippen LogP contribution < -0.4 is 5.32 Å². The highest BCUT2D eigenvalue weighted by molar-refractivity contribution is 9.10. The van der Waals surface area contributed by atoms with Crippen molar-refractivity contribution < 1.29 is 14.3 Å². The van der Waals surface area contributed by atoms with Gasteiger partial charge >= 0.3 is 0 Å². The Morgan fingerprint density at radius 1 is 1.62 bits per heavy atom. The van der Waals surface area contributed by atoms with Crippen LogP contribution in [-0.4, -0.2) is 23.7 Å². The molecule has 1 aliphatic carbocycles. The third-order valence-corrected chi connectivity index (χ3v) is 3.17. The molecule has 88 valence electrons. The molecule has 4 nitrogen and oxygen atoms in total. The summed E-state index contributed by atoms with van der Waals surface area (Å²) in [5, 5.41) is 11.8. The fourth-order valence-corrected chi connectivity index (χ4v) is 2.05. The average Bonchev–Trinajstić information content (AvgIpc) is 3.00. The van der Waals surface area contributed by atoms with Crippen molar-refractivity contribution >= 4 is 21.8 Å². The van der Waals surface area contributed by atoms with Crippen molar-refractivity contribution in [3.8, 4) is 0 Å². The number of carbonyl (C=O) groups excluding carboxylic acids is 1. The molecule has 1 fully saturated rings. The van der Waals surface area contributed by atoms with Crippen molar-refractivity contribution in [3.05, 3.63) is 22.6 Å². The summed E-state index contributed by atoms with van der Waals surface area (Å²) in [6.07, 6.45) is 2.87. The average molecular weight is 288 g/mol. The second kappa shape index (κ2) is 5.01. The van der Waals surface area contributed by atoms with E-state index in [9.17, 15) is 4.79 Å². The van der Waals surface area contributed by atoms with Gasteiger partial charge in [0.25, 0.3) is 5.91 Å². The van der Waals surface area contributed by atoms with Gasteiger partial charge in [0, 0.05) is 12.6 Å². The molecule has 0 spiro atoms. The number of furan rings is 1. The van der Waals surface area contributed by atoms with Crippen molar-refractivity contribution in [3.63, 3.8) is 0 Å². The van der Waals surface area contributed by atoms with E-state index in [4.69, 9.17) is 9.52 Å². The minimum Gasteiger partial charge on any atom is -0.444 e. The zero-order valence-corrected chi connectivity index (χ0v) is 10.4. The number of aliphatic hydroxyl groups excluding tert-OH is 1.